The van der Waals surface area contributed by atoms with Crippen LogP contribution in [-0.2, 0) is 4.74 Å². The van der Waals surface area contributed by atoms with Crippen LogP contribution in [0.4, 0.5) is 0 Å². The molecule has 0 bridgehead atoms. The van der Waals surface area contributed by atoms with E-state index >= 15 is 0 Å². The highest BCUT2D eigenvalue weighted by molar-refractivity contribution is 5.87. The van der Waals surface area contributed by atoms with Crippen LogP contribution < -0.4 is 0 Å². The van der Waals surface area contributed by atoms with E-state index < -0.39 is 12.1 Å². The van der Waals surface area contributed by atoms with Gasteiger partial charge < -0.3 is 4.74 Å². The first kappa shape index (κ1) is 15.5. The highest BCUT2D eigenvalue weighted by atomic mass is 16.5. The van der Waals surface area contributed by atoms with Crippen LogP contribution in [0, 0.1) is 11.8 Å². The topological polar surface area (TPSA) is 57.0 Å². The van der Waals surface area contributed by atoms with E-state index in [1.54, 1.807) is 11.6 Å². The van der Waals surface area contributed by atoms with Gasteiger partial charge >= 0.3 is 5.97 Å². The molecule has 1 aromatic heterocycles. The molecule has 2 atom stereocenters. The third kappa shape index (κ3) is 3.61. The number of allylic oxidation sites excluding steroid dienone is 1. The third-order valence-electron chi connectivity index (χ3n) is 3.11. The molecular formula is C17H17N3O2. The average Bonchev–Trinajstić information content (AvgIpc) is 3.02. The Kier molecular flexibility index (Phi) is 5.10. The molecule has 0 aliphatic rings. The minimum absolute atomic E-state index is 0.124. The fourth-order valence-electron chi connectivity index (χ4n) is 1.98. The second-order valence-electron chi connectivity index (χ2n) is 4.69. The van der Waals surface area contributed by atoms with Gasteiger partial charge in [0.05, 0.1) is 12.2 Å². The maximum absolute atomic E-state index is 12.2. The Labute approximate surface area is 129 Å². The Morgan fingerprint density at radius 3 is 2.77 bits per heavy atom. The molecule has 22 heavy (non-hydrogen) atoms. The number of hydrogen-bond acceptors (Lipinski definition) is 4. The van der Waals surface area contributed by atoms with Gasteiger partial charge in [-0.1, -0.05) is 54.0 Å². The van der Waals surface area contributed by atoms with Crippen molar-refractivity contribution in [1.82, 2.24) is 15.0 Å². The molecule has 0 N–H and O–H groups in total. The zero-order valence-corrected chi connectivity index (χ0v) is 12.6. The Bertz CT molecular complexity index is 710. The molecule has 0 aliphatic carbocycles. The van der Waals surface area contributed by atoms with Crippen LogP contribution in [0.1, 0.15) is 35.9 Å². The number of aromatic nitrogens is 3. The minimum atomic E-state index is -0.527. The summed E-state index contributed by atoms with van der Waals surface area (Å²) in [5.74, 6) is 4.90. The highest BCUT2D eigenvalue weighted by Gasteiger charge is 2.20. The van der Waals surface area contributed by atoms with Crippen molar-refractivity contribution in [2.24, 2.45) is 0 Å². The van der Waals surface area contributed by atoms with Gasteiger partial charge in [-0.15, -0.1) is 5.10 Å². The Hall–Kier alpha value is -2.87. The first-order chi connectivity index (χ1) is 10.6. The lowest BCUT2D eigenvalue weighted by molar-refractivity contribution is 0.0422. The zero-order valence-electron chi connectivity index (χ0n) is 12.6. The van der Waals surface area contributed by atoms with Crippen molar-refractivity contribution >= 4 is 5.97 Å². The van der Waals surface area contributed by atoms with Crippen LogP contribution in [0.3, 0.4) is 0 Å². The van der Waals surface area contributed by atoms with Crippen LogP contribution in [0.5, 0.6) is 0 Å². The summed E-state index contributed by atoms with van der Waals surface area (Å²) in [6.45, 7) is 7.14. The van der Waals surface area contributed by atoms with Crippen molar-refractivity contribution in [3.8, 4) is 11.8 Å². The largest absolute Gasteiger partial charge is 0.445 e. The number of rotatable bonds is 4. The van der Waals surface area contributed by atoms with E-state index in [-0.39, 0.29) is 6.04 Å². The first-order valence-corrected chi connectivity index (χ1v) is 6.91. The lowest BCUT2D eigenvalue weighted by atomic mass is 10.1. The second-order valence-corrected chi connectivity index (χ2v) is 4.69. The van der Waals surface area contributed by atoms with Crippen molar-refractivity contribution in [3.05, 3.63) is 60.4 Å². The third-order valence-corrected chi connectivity index (χ3v) is 3.11. The summed E-state index contributed by atoms with van der Waals surface area (Å²) < 4.78 is 6.81. The van der Waals surface area contributed by atoms with Gasteiger partial charge in [0.25, 0.3) is 0 Å². The van der Waals surface area contributed by atoms with Crippen LogP contribution >= 0.6 is 0 Å². The number of ether oxygens (including phenoxy) is 1. The molecule has 0 amide bonds. The van der Waals surface area contributed by atoms with E-state index in [4.69, 9.17) is 4.74 Å². The van der Waals surface area contributed by atoms with E-state index in [2.05, 4.69) is 28.7 Å². The van der Waals surface area contributed by atoms with E-state index in [1.165, 1.54) is 12.3 Å². The lowest BCUT2D eigenvalue weighted by Crippen LogP contribution is -2.20. The monoisotopic (exact) mass is 295 g/mol. The summed E-state index contributed by atoms with van der Waals surface area (Å²) in [4.78, 5) is 12.2. The van der Waals surface area contributed by atoms with Crippen LogP contribution in [0.25, 0.3) is 0 Å². The number of carbonyl (C=O) groups is 1. The van der Waals surface area contributed by atoms with Crippen LogP contribution in [0.2, 0.25) is 0 Å². The van der Waals surface area contributed by atoms with Gasteiger partial charge in [-0.3, -0.25) is 0 Å². The highest BCUT2D eigenvalue weighted by Crippen LogP contribution is 2.18. The summed E-state index contributed by atoms with van der Waals surface area (Å²) in [7, 11) is 0. The summed E-state index contributed by atoms with van der Waals surface area (Å²) in [6.07, 6.45) is 2.32. The van der Waals surface area contributed by atoms with Crippen LogP contribution in [0.15, 0.2) is 49.2 Å². The van der Waals surface area contributed by atoms with Gasteiger partial charge in [0.2, 0.25) is 0 Å². The molecule has 5 nitrogen and oxygen atoms in total. The van der Waals surface area contributed by atoms with Crippen molar-refractivity contribution in [3.63, 3.8) is 0 Å². The fraction of sp³-hybridized carbons (Fsp3) is 0.235. The summed E-state index contributed by atoms with van der Waals surface area (Å²) in [5.41, 5.74) is 1.32. The van der Waals surface area contributed by atoms with Crippen LogP contribution in [-0.4, -0.2) is 27.1 Å². The Morgan fingerprint density at radius 2 is 2.09 bits per heavy atom. The predicted molar refractivity (Wildman–Crippen MR) is 83.1 cm³/mol. The quantitative estimate of drug-likeness (QED) is 0.642. The molecule has 0 saturated heterocycles. The molecular weight excluding hydrogens is 278 g/mol. The van der Waals surface area contributed by atoms with E-state index in [0.29, 0.717) is 5.69 Å². The van der Waals surface area contributed by atoms with Crippen molar-refractivity contribution in [1.29, 1.82) is 0 Å². The van der Waals surface area contributed by atoms with Gasteiger partial charge in [-0.05, 0) is 25.5 Å². The molecule has 0 fully saturated rings. The molecule has 1 unspecified atom stereocenters. The molecule has 112 valence electrons. The minimum Gasteiger partial charge on any atom is -0.445 e. The predicted octanol–water partition coefficient (Wildman–Crippen LogP) is 2.62. The summed E-state index contributed by atoms with van der Waals surface area (Å²) in [5, 5.41) is 7.82. The first-order valence-electron chi connectivity index (χ1n) is 6.91. The summed E-state index contributed by atoms with van der Waals surface area (Å²) in [6, 6.07) is 9.63. The lowest BCUT2D eigenvalue weighted by Gasteiger charge is -2.15. The molecule has 0 spiro atoms. The molecule has 5 heteroatoms. The Balaban J connectivity index is 2.19. The summed E-state index contributed by atoms with van der Waals surface area (Å²) >= 11 is 0. The van der Waals surface area contributed by atoms with E-state index in [0.717, 1.165) is 5.56 Å². The second kappa shape index (κ2) is 7.23. The van der Waals surface area contributed by atoms with Crippen molar-refractivity contribution < 1.29 is 9.53 Å². The van der Waals surface area contributed by atoms with Gasteiger partial charge in [0.1, 0.15) is 0 Å². The van der Waals surface area contributed by atoms with E-state index in [9.17, 15) is 4.79 Å². The maximum atomic E-state index is 12.2. The zero-order chi connectivity index (χ0) is 15.9. The van der Waals surface area contributed by atoms with Crippen molar-refractivity contribution in [2.45, 2.75) is 26.0 Å². The van der Waals surface area contributed by atoms with E-state index in [1.807, 2.05) is 37.3 Å². The number of hydrogen-bond donors (Lipinski definition) is 0. The van der Waals surface area contributed by atoms with Gasteiger partial charge in [-0.25, -0.2) is 9.48 Å². The SMILES string of the molecule is C=CC#CC(C)OC(=O)c1cnnn1[C@H](C)c1ccccc1. The number of benzene rings is 1. The van der Waals surface area contributed by atoms with Gasteiger partial charge in [0.15, 0.2) is 11.8 Å². The molecule has 1 aromatic carbocycles. The van der Waals surface area contributed by atoms with Gasteiger partial charge in [-0.2, -0.15) is 0 Å². The molecule has 2 rings (SSSR count). The number of carbonyl (C=O) groups excluding carboxylic acids is 1. The molecule has 2 aromatic rings. The molecule has 0 radical (unpaired) electrons. The molecule has 1 heterocycles. The number of nitrogens with zero attached hydrogens (tertiary/aromatic N) is 3. The molecule has 0 saturated carbocycles. The standard InChI is InChI=1S/C17H17N3O2/c1-4-5-9-13(2)22-17(21)16-12-18-19-20(16)14(3)15-10-7-6-8-11-15/h4,6-8,10-14H,1H2,2-3H3/t13?,14-/m1/s1. The molecule has 0 aliphatic heterocycles. The smallest absolute Gasteiger partial charge is 0.359 e. The number of esters is 1. The maximum Gasteiger partial charge on any atom is 0.359 e. The fourth-order valence-corrected chi connectivity index (χ4v) is 1.98. The Morgan fingerprint density at radius 1 is 1.36 bits per heavy atom. The normalized spacial score (nSPS) is 12.6. The average molecular weight is 295 g/mol. The van der Waals surface area contributed by atoms with Gasteiger partial charge in [0, 0.05) is 0 Å². The van der Waals surface area contributed by atoms with Crippen molar-refractivity contribution in [2.75, 3.05) is 0 Å².